The lowest BCUT2D eigenvalue weighted by Gasteiger charge is -2.10. The van der Waals surface area contributed by atoms with Crippen molar-refractivity contribution < 1.29 is 4.74 Å². The molecule has 0 aliphatic carbocycles. The molecule has 12 heavy (non-hydrogen) atoms. The SMILES string of the molecule is C[CH]COc1c(C)cccc1C. The number of hydrogen-bond acceptors (Lipinski definition) is 1. The predicted molar refractivity (Wildman–Crippen MR) is 51.4 cm³/mol. The third kappa shape index (κ3) is 2.00. The minimum atomic E-state index is 0.686. The fourth-order valence-corrected chi connectivity index (χ4v) is 1.19. The zero-order valence-electron chi connectivity index (χ0n) is 7.92. The second-order valence-corrected chi connectivity index (χ2v) is 2.94. The van der Waals surface area contributed by atoms with E-state index in [0.717, 1.165) is 5.75 Å². The summed E-state index contributed by atoms with van der Waals surface area (Å²) < 4.78 is 5.56. The second-order valence-electron chi connectivity index (χ2n) is 2.94. The monoisotopic (exact) mass is 163 g/mol. The van der Waals surface area contributed by atoms with Gasteiger partial charge in [0.05, 0.1) is 6.61 Å². The Bertz CT molecular complexity index is 233. The fraction of sp³-hybridized carbons (Fsp3) is 0.364. The topological polar surface area (TPSA) is 9.23 Å². The van der Waals surface area contributed by atoms with Crippen LogP contribution in [0.1, 0.15) is 18.1 Å². The van der Waals surface area contributed by atoms with Crippen LogP contribution < -0.4 is 4.74 Å². The van der Waals surface area contributed by atoms with Gasteiger partial charge in [-0.05, 0) is 31.4 Å². The van der Waals surface area contributed by atoms with E-state index < -0.39 is 0 Å². The summed E-state index contributed by atoms with van der Waals surface area (Å²) in [5.74, 6) is 1.02. The van der Waals surface area contributed by atoms with Crippen molar-refractivity contribution in [3.63, 3.8) is 0 Å². The van der Waals surface area contributed by atoms with E-state index in [0.29, 0.717) is 6.61 Å². The molecule has 0 amide bonds. The normalized spacial score (nSPS) is 9.92. The molecule has 0 fully saturated rings. The van der Waals surface area contributed by atoms with Crippen LogP contribution in [0.25, 0.3) is 0 Å². The largest absolute Gasteiger partial charge is 0.493 e. The lowest BCUT2D eigenvalue weighted by atomic mass is 10.1. The summed E-state index contributed by atoms with van der Waals surface area (Å²) in [4.78, 5) is 0. The zero-order valence-corrected chi connectivity index (χ0v) is 7.92. The number of rotatable bonds is 3. The summed E-state index contributed by atoms with van der Waals surface area (Å²) in [7, 11) is 0. The van der Waals surface area contributed by atoms with Gasteiger partial charge in [0.1, 0.15) is 5.75 Å². The second kappa shape index (κ2) is 4.15. The number of hydrogen-bond donors (Lipinski definition) is 0. The molecule has 1 rings (SSSR count). The molecule has 0 saturated carbocycles. The highest BCUT2D eigenvalue weighted by molar-refractivity contribution is 5.39. The predicted octanol–water partition coefficient (Wildman–Crippen LogP) is 2.91. The Morgan fingerprint density at radius 1 is 1.25 bits per heavy atom. The molecule has 1 aromatic rings. The molecule has 0 aromatic heterocycles. The highest BCUT2D eigenvalue weighted by Crippen LogP contribution is 2.22. The van der Waals surface area contributed by atoms with Crippen LogP contribution >= 0.6 is 0 Å². The highest BCUT2D eigenvalue weighted by atomic mass is 16.5. The first kappa shape index (κ1) is 9.11. The standard InChI is InChI=1S/C11H15O/c1-4-8-12-11-9(2)6-5-7-10(11)3/h4-7H,8H2,1-3H3. The fourth-order valence-electron chi connectivity index (χ4n) is 1.19. The minimum Gasteiger partial charge on any atom is -0.493 e. The maximum Gasteiger partial charge on any atom is 0.125 e. The highest BCUT2D eigenvalue weighted by Gasteiger charge is 2.00. The molecule has 0 aliphatic rings. The molecule has 0 aliphatic heterocycles. The Morgan fingerprint density at radius 2 is 1.83 bits per heavy atom. The van der Waals surface area contributed by atoms with E-state index in [4.69, 9.17) is 4.74 Å². The van der Waals surface area contributed by atoms with Gasteiger partial charge in [0, 0.05) is 0 Å². The van der Waals surface area contributed by atoms with Crippen molar-refractivity contribution in [2.24, 2.45) is 0 Å². The van der Waals surface area contributed by atoms with Crippen molar-refractivity contribution in [3.05, 3.63) is 35.7 Å². The molecular weight excluding hydrogens is 148 g/mol. The Hall–Kier alpha value is -0.980. The first-order valence-electron chi connectivity index (χ1n) is 4.22. The van der Waals surface area contributed by atoms with Crippen LogP contribution in [0.15, 0.2) is 18.2 Å². The van der Waals surface area contributed by atoms with Crippen LogP contribution in [0, 0.1) is 20.3 Å². The summed E-state index contributed by atoms with van der Waals surface area (Å²) in [6.07, 6.45) is 2.01. The number of para-hydroxylation sites is 1. The molecule has 0 spiro atoms. The van der Waals surface area contributed by atoms with E-state index in [1.807, 2.05) is 19.4 Å². The average molecular weight is 163 g/mol. The van der Waals surface area contributed by atoms with Gasteiger partial charge in [0.25, 0.3) is 0 Å². The van der Waals surface area contributed by atoms with E-state index in [2.05, 4.69) is 26.0 Å². The van der Waals surface area contributed by atoms with Gasteiger partial charge in [-0.1, -0.05) is 25.1 Å². The zero-order chi connectivity index (χ0) is 8.97. The Kier molecular flexibility index (Phi) is 3.15. The first-order valence-corrected chi connectivity index (χ1v) is 4.22. The van der Waals surface area contributed by atoms with Crippen molar-refractivity contribution in [2.45, 2.75) is 20.8 Å². The van der Waals surface area contributed by atoms with E-state index in [9.17, 15) is 0 Å². The maximum atomic E-state index is 5.56. The van der Waals surface area contributed by atoms with Crippen molar-refractivity contribution in [2.75, 3.05) is 6.61 Å². The van der Waals surface area contributed by atoms with Crippen LogP contribution in [0.4, 0.5) is 0 Å². The molecule has 0 atom stereocenters. The lowest BCUT2D eigenvalue weighted by molar-refractivity contribution is 0.344. The van der Waals surface area contributed by atoms with Crippen LogP contribution in [-0.4, -0.2) is 6.61 Å². The maximum absolute atomic E-state index is 5.56. The quantitative estimate of drug-likeness (QED) is 0.665. The number of benzene rings is 1. The van der Waals surface area contributed by atoms with Crippen molar-refractivity contribution >= 4 is 0 Å². The summed E-state index contributed by atoms with van der Waals surface area (Å²) in [6, 6.07) is 6.18. The third-order valence-electron chi connectivity index (χ3n) is 1.80. The van der Waals surface area contributed by atoms with Crippen LogP contribution in [-0.2, 0) is 0 Å². The molecule has 0 N–H and O–H groups in total. The van der Waals surface area contributed by atoms with Crippen molar-refractivity contribution in [1.29, 1.82) is 0 Å². The van der Waals surface area contributed by atoms with Crippen molar-refractivity contribution in [3.8, 4) is 5.75 Å². The summed E-state index contributed by atoms with van der Waals surface area (Å²) in [5.41, 5.74) is 2.41. The molecule has 0 saturated heterocycles. The van der Waals surface area contributed by atoms with Crippen LogP contribution in [0.3, 0.4) is 0 Å². The first-order chi connectivity index (χ1) is 5.75. The molecule has 0 bridgehead atoms. The number of ether oxygens (including phenoxy) is 1. The Labute approximate surface area is 74.4 Å². The van der Waals surface area contributed by atoms with E-state index in [1.165, 1.54) is 11.1 Å². The molecule has 1 heteroatoms. The summed E-state index contributed by atoms with van der Waals surface area (Å²) >= 11 is 0. The van der Waals surface area contributed by atoms with E-state index in [-0.39, 0.29) is 0 Å². The Morgan fingerprint density at radius 3 is 2.33 bits per heavy atom. The number of aryl methyl sites for hydroxylation is 2. The van der Waals surface area contributed by atoms with E-state index >= 15 is 0 Å². The van der Waals surface area contributed by atoms with E-state index in [1.54, 1.807) is 0 Å². The smallest absolute Gasteiger partial charge is 0.125 e. The van der Waals surface area contributed by atoms with Crippen molar-refractivity contribution in [1.82, 2.24) is 0 Å². The molecule has 1 radical (unpaired) electrons. The van der Waals surface area contributed by atoms with Crippen LogP contribution in [0.2, 0.25) is 0 Å². The molecule has 0 unspecified atom stereocenters. The molecule has 0 heterocycles. The van der Waals surface area contributed by atoms with Gasteiger partial charge in [0.15, 0.2) is 0 Å². The summed E-state index contributed by atoms with van der Waals surface area (Å²) in [6.45, 7) is 6.81. The van der Waals surface area contributed by atoms with Crippen LogP contribution in [0.5, 0.6) is 5.75 Å². The average Bonchev–Trinajstić information content (AvgIpc) is 2.04. The summed E-state index contributed by atoms with van der Waals surface area (Å²) in [5, 5.41) is 0. The molecule has 65 valence electrons. The van der Waals surface area contributed by atoms with Gasteiger partial charge >= 0.3 is 0 Å². The lowest BCUT2D eigenvalue weighted by Crippen LogP contribution is -1.99. The van der Waals surface area contributed by atoms with Gasteiger partial charge in [-0.2, -0.15) is 0 Å². The third-order valence-corrected chi connectivity index (χ3v) is 1.80. The van der Waals surface area contributed by atoms with Gasteiger partial charge < -0.3 is 4.74 Å². The van der Waals surface area contributed by atoms with Gasteiger partial charge in [-0.3, -0.25) is 0 Å². The minimum absolute atomic E-state index is 0.686. The molecule has 1 nitrogen and oxygen atoms in total. The Balaban J connectivity index is 2.81. The van der Waals surface area contributed by atoms with Gasteiger partial charge in [0.2, 0.25) is 0 Å². The van der Waals surface area contributed by atoms with Gasteiger partial charge in [-0.15, -0.1) is 0 Å². The molecular formula is C11H15O. The van der Waals surface area contributed by atoms with Gasteiger partial charge in [-0.25, -0.2) is 0 Å². The molecule has 1 aromatic carbocycles.